The third kappa shape index (κ3) is 4.04. The normalized spacial score (nSPS) is 10.1. The molecule has 0 fully saturated rings. The van der Waals surface area contributed by atoms with Crippen LogP contribution in [0.15, 0.2) is 48.9 Å². The van der Waals surface area contributed by atoms with Crippen molar-refractivity contribution in [3.63, 3.8) is 0 Å². The van der Waals surface area contributed by atoms with Crippen LogP contribution in [0.25, 0.3) is 0 Å². The Morgan fingerprint density at radius 2 is 1.81 bits per heavy atom. The van der Waals surface area contributed by atoms with Crippen molar-refractivity contribution in [1.29, 1.82) is 0 Å². The summed E-state index contributed by atoms with van der Waals surface area (Å²) in [6.45, 7) is 0.0554. The lowest BCUT2D eigenvalue weighted by Crippen LogP contribution is -2.38. The van der Waals surface area contributed by atoms with Crippen molar-refractivity contribution < 1.29 is 24.1 Å². The Kier molecular flexibility index (Phi) is 4.50. The van der Waals surface area contributed by atoms with E-state index in [1.165, 1.54) is 17.0 Å². The zero-order chi connectivity index (χ0) is 15.2. The van der Waals surface area contributed by atoms with E-state index < -0.39 is 18.2 Å². The number of nitrogens with zero attached hydrogens (tertiary/aromatic N) is 2. The molecule has 2 aromatic rings. The number of aromatic nitrogens is 2. The van der Waals surface area contributed by atoms with E-state index in [0.29, 0.717) is 5.56 Å². The van der Waals surface area contributed by atoms with Gasteiger partial charge >= 0.3 is 5.97 Å². The molecule has 0 unspecified atom stereocenters. The Labute approximate surface area is 120 Å². The van der Waals surface area contributed by atoms with Crippen LogP contribution in [-0.2, 0) is 11.3 Å². The standard InChI is InChI=1S/C15H12N2O4/c18-13(8-15(20)21)12-9-17(7-6-16-12)10-14(19)11-4-2-1-3-5-11/h1-7,9H,8,10H2/p+1. The first-order valence-corrected chi connectivity index (χ1v) is 6.24. The Balaban J connectivity index is 2.13. The molecule has 1 aromatic heterocycles. The highest BCUT2D eigenvalue weighted by Gasteiger charge is 2.17. The lowest BCUT2D eigenvalue weighted by Gasteiger charge is -1.99. The van der Waals surface area contributed by atoms with Gasteiger partial charge in [0.25, 0.3) is 0 Å². The van der Waals surface area contributed by atoms with E-state index in [1.807, 2.05) is 6.07 Å². The van der Waals surface area contributed by atoms with Gasteiger partial charge in [0.1, 0.15) is 6.42 Å². The summed E-state index contributed by atoms with van der Waals surface area (Å²) in [6, 6.07) is 8.78. The molecule has 0 bridgehead atoms. The molecular formula is C15H13N2O4+. The van der Waals surface area contributed by atoms with Crippen molar-refractivity contribution in [2.75, 3.05) is 0 Å². The largest absolute Gasteiger partial charge is 0.481 e. The summed E-state index contributed by atoms with van der Waals surface area (Å²) in [5.74, 6) is -1.91. The Bertz CT molecular complexity index is 683. The van der Waals surface area contributed by atoms with Gasteiger partial charge in [0.2, 0.25) is 12.3 Å². The fourth-order valence-electron chi connectivity index (χ4n) is 1.78. The molecule has 0 amide bonds. The summed E-state index contributed by atoms with van der Waals surface area (Å²) in [5.41, 5.74) is 0.598. The molecule has 0 saturated heterocycles. The van der Waals surface area contributed by atoms with Gasteiger partial charge in [0.05, 0.1) is 6.20 Å². The summed E-state index contributed by atoms with van der Waals surface area (Å²) in [5, 5.41) is 8.60. The van der Waals surface area contributed by atoms with Crippen LogP contribution < -0.4 is 4.57 Å². The van der Waals surface area contributed by atoms with Crippen molar-refractivity contribution in [3.05, 3.63) is 60.2 Å². The molecule has 0 aliphatic carbocycles. The van der Waals surface area contributed by atoms with Gasteiger partial charge in [-0.1, -0.05) is 30.3 Å². The van der Waals surface area contributed by atoms with Gasteiger partial charge in [-0.3, -0.25) is 14.4 Å². The molecular weight excluding hydrogens is 272 g/mol. The molecule has 1 heterocycles. The number of carbonyl (C=O) groups excluding carboxylic acids is 2. The predicted molar refractivity (Wildman–Crippen MR) is 71.8 cm³/mol. The number of Topliss-reactive ketones (excluding diaryl/α,β-unsaturated/α-hetero) is 2. The van der Waals surface area contributed by atoms with Gasteiger partial charge in [-0.15, -0.1) is 0 Å². The minimum atomic E-state index is -1.21. The number of aliphatic carboxylic acids is 1. The van der Waals surface area contributed by atoms with E-state index in [2.05, 4.69) is 4.98 Å². The fourth-order valence-corrected chi connectivity index (χ4v) is 1.78. The monoisotopic (exact) mass is 285 g/mol. The summed E-state index contributed by atoms with van der Waals surface area (Å²) < 4.78 is 1.51. The number of carbonyl (C=O) groups is 3. The first-order valence-electron chi connectivity index (χ1n) is 6.24. The molecule has 0 aliphatic heterocycles. The van der Waals surface area contributed by atoms with E-state index in [1.54, 1.807) is 30.5 Å². The number of hydrogen-bond donors (Lipinski definition) is 1. The van der Waals surface area contributed by atoms with Gasteiger partial charge in [-0.05, 0) is 0 Å². The van der Waals surface area contributed by atoms with Crippen LogP contribution in [-0.4, -0.2) is 27.6 Å². The van der Waals surface area contributed by atoms with Gasteiger partial charge in [0, 0.05) is 5.56 Å². The third-order valence-electron chi connectivity index (χ3n) is 2.78. The molecule has 6 heteroatoms. The quantitative estimate of drug-likeness (QED) is 0.484. The lowest BCUT2D eigenvalue weighted by molar-refractivity contribution is -0.683. The van der Waals surface area contributed by atoms with Gasteiger partial charge in [-0.2, -0.15) is 4.57 Å². The summed E-state index contributed by atoms with van der Waals surface area (Å²) in [7, 11) is 0. The van der Waals surface area contributed by atoms with Crippen LogP contribution in [0.2, 0.25) is 0 Å². The van der Waals surface area contributed by atoms with Crippen LogP contribution >= 0.6 is 0 Å². The highest BCUT2D eigenvalue weighted by molar-refractivity contribution is 6.04. The van der Waals surface area contributed by atoms with Crippen LogP contribution in [0.4, 0.5) is 0 Å². The van der Waals surface area contributed by atoms with Gasteiger partial charge in [0.15, 0.2) is 23.9 Å². The van der Waals surface area contributed by atoms with E-state index in [0.717, 1.165) is 0 Å². The van der Waals surface area contributed by atoms with Crippen molar-refractivity contribution >= 4 is 17.5 Å². The fraction of sp³-hybridized carbons (Fsp3) is 0.133. The SMILES string of the molecule is O=C(O)CC(=O)c1c[n+](CC(=O)c2ccccc2)ccn1. The topological polar surface area (TPSA) is 88.2 Å². The molecule has 0 aliphatic rings. The molecule has 0 atom stereocenters. The van der Waals surface area contributed by atoms with Crippen LogP contribution in [0, 0.1) is 0 Å². The van der Waals surface area contributed by atoms with Crippen molar-refractivity contribution in [1.82, 2.24) is 4.98 Å². The smallest absolute Gasteiger partial charge is 0.311 e. The second kappa shape index (κ2) is 6.51. The first-order chi connectivity index (χ1) is 10.1. The van der Waals surface area contributed by atoms with Crippen LogP contribution in [0.1, 0.15) is 27.3 Å². The second-order valence-corrected chi connectivity index (χ2v) is 4.40. The third-order valence-corrected chi connectivity index (χ3v) is 2.78. The minimum Gasteiger partial charge on any atom is -0.481 e. The van der Waals surface area contributed by atoms with Crippen LogP contribution in [0.5, 0.6) is 0 Å². The average Bonchev–Trinajstić information content (AvgIpc) is 2.47. The number of carboxylic acid groups (broad SMARTS) is 1. The molecule has 1 aromatic carbocycles. The molecule has 6 nitrogen and oxygen atoms in total. The average molecular weight is 285 g/mol. The molecule has 0 saturated carbocycles. The Morgan fingerprint density at radius 3 is 2.48 bits per heavy atom. The molecule has 1 N–H and O–H groups in total. The van der Waals surface area contributed by atoms with E-state index in [4.69, 9.17) is 5.11 Å². The summed E-state index contributed by atoms with van der Waals surface area (Å²) >= 11 is 0. The summed E-state index contributed by atoms with van der Waals surface area (Å²) in [6.07, 6.45) is 3.68. The molecule has 21 heavy (non-hydrogen) atoms. The molecule has 0 spiro atoms. The lowest BCUT2D eigenvalue weighted by atomic mass is 10.1. The van der Waals surface area contributed by atoms with Gasteiger partial charge < -0.3 is 5.11 Å². The highest BCUT2D eigenvalue weighted by Crippen LogP contribution is 2.01. The number of ketones is 2. The Hall–Kier alpha value is -2.89. The first kappa shape index (κ1) is 14.5. The second-order valence-electron chi connectivity index (χ2n) is 4.40. The van der Waals surface area contributed by atoms with E-state index in [-0.39, 0.29) is 18.0 Å². The zero-order valence-electron chi connectivity index (χ0n) is 11.1. The highest BCUT2D eigenvalue weighted by atomic mass is 16.4. The molecule has 0 radical (unpaired) electrons. The maximum atomic E-state index is 12.1. The van der Waals surface area contributed by atoms with E-state index >= 15 is 0 Å². The van der Waals surface area contributed by atoms with E-state index in [9.17, 15) is 14.4 Å². The van der Waals surface area contributed by atoms with Crippen molar-refractivity contribution in [2.45, 2.75) is 13.0 Å². The molecule has 2 rings (SSSR count). The van der Waals surface area contributed by atoms with Crippen LogP contribution in [0.3, 0.4) is 0 Å². The Morgan fingerprint density at radius 1 is 1.10 bits per heavy atom. The maximum Gasteiger partial charge on any atom is 0.311 e. The summed E-state index contributed by atoms with van der Waals surface area (Å²) in [4.78, 5) is 38.0. The minimum absolute atomic E-state index is 0.0285. The maximum absolute atomic E-state index is 12.1. The zero-order valence-corrected chi connectivity index (χ0v) is 11.1. The van der Waals surface area contributed by atoms with Gasteiger partial charge in [-0.25, -0.2) is 4.98 Å². The number of hydrogen-bond acceptors (Lipinski definition) is 4. The predicted octanol–water partition coefficient (Wildman–Crippen LogP) is 0.909. The number of benzene rings is 1. The number of carboxylic acids is 1. The number of rotatable bonds is 6. The van der Waals surface area contributed by atoms with Crippen molar-refractivity contribution in [3.8, 4) is 0 Å². The van der Waals surface area contributed by atoms with Crippen molar-refractivity contribution in [2.24, 2.45) is 0 Å². The molecule has 106 valence electrons.